The van der Waals surface area contributed by atoms with Crippen LogP contribution in [0, 0.1) is 10.7 Å². The monoisotopic (exact) mass is 668 g/mol. The first-order chi connectivity index (χ1) is 12.0. The van der Waals surface area contributed by atoms with E-state index in [4.69, 9.17) is 4.74 Å². The minimum absolute atomic E-state index is 0.237. The number of ether oxygens (including phenoxy) is 1. The first-order valence-corrected chi connectivity index (χ1v) is 11.1. The summed E-state index contributed by atoms with van der Waals surface area (Å²) < 4.78 is 8.56. The lowest BCUT2D eigenvalue weighted by molar-refractivity contribution is 0.0499. The molecule has 0 spiro atoms. The van der Waals surface area contributed by atoms with E-state index in [0.29, 0.717) is 12.2 Å². The van der Waals surface area contributed by atoms with E-state index < -0.39 is 0 Å². The van der Waals surface area contributed by atoms with Crippen LogP contribution in [-0.4, -0.2) is 12.6 Å². The summed E-state index contributed by atoms with van der Waals surface area (Å²) in [6.07, 6.45) is 1.72. The number of benzene rings is 3. The van der Waals surface area contributed by atoms with E-state index in [1.165, 1.54) is 16.3 Å². The molecule has 0 saturated heterocycles. The third-order valence-electron chi connectivity index (χ3n) is 3.87. The molecule has 0 aliphatic heterocycles. The van der Waals surface area contributed by atoms with Crippen LogP contribution in [0.25, 0.3) is 10.8 Å². The van der Waals surface area contributed by atoms with Crippen LogP contribution >= 0.6 is 67.8 Å². The van der Waals surface area contributed by atoms with Gasteiger partial charge in [-0.25, -0.2) is 4.79 Å². The largest absolute Gasteiger partial charge is 0.462 e. The Bertz CT molecular complexity index is 922. The Morgan fingerprint density at radius 1 is 0.920 bits per heavy atom. The number of hydrogen-bond acceptors (Lipinski definition) is 2. The highest BCUT2D eigenvalue weighted by Crippen LogP contribution is 2.23. The van der Waals surface area contributed by atoms with Crippen LogP contribution in [0.5, 0.6) is 0 Å². The fourth-order valence-electron chi connectivity index (χ4n) is 2.62. The van der Waals surface area contributed by atoms with E-state index in [1.807, 2.05) is 6.07 Å². The summed E-state index contributed by atoms with van der Waals surface area (Å²) in [4.78, 5) is 12.3. The minimum atomic E-state index is -0.237. The SMILES string of the molecule is O=C(OCCCc1ccc2ccccc2c1)c1cc(I)cc(I)c1I. The molecule has 0 fully saturated rings. The molecule has 0 amide bonds. The van der Waals surface area contributed by atoms with Gasteiger partial charge in [-0.1, -0.05) is 42.5 Å². The molecule has 0 unspecified atom stereocenters. The van der Waals surface area contributed by atoms with E-state index in [-0.39, 0.29) is 5.97 Å². The van der Waals surface area contributed by atoms with Crippen molar-refractivity contribution in [2.24, 2.45) is 0 Å². The quantitative estimate of drug-likeness (QED) is 0.136. The van der Waals surface area contributed by atoms with Gasteiger partial charge in [0.25, 0.3) is 0 Å². The first-order valence-electron chi connectivity index (χ1n) is 7.84. The topological polar surface area (TPSA) is 26.3 Å². The van der Waals surface area contributed by atoms with Gasteiger partial charge in [-0.3, -0.25) is 0 Å². The van der Waals surface area contributed by atoms with E-state index in [9.17, 15) is 4.79 Å². The van der Waals surface area contributed by atoms with Gasteiger partial charge in [0, 0.05) is 10.7 Å². The van der Waals surface area contributed by atoms with Crippen LogP contribution in [0.15, 0.2) is 54.6 Å². The van der Waals surface area contributed by atoms with Crippen LogP contribution in [-0.2, 0) is 11.2 Å². The summed E-state index contributed by atoms with van der Waals surface area (Å²) in [5.74, 6) is -0.237. The maximum atomic E-state index is 12.3. The Labute approximate surface area is 188 Å². The highest BCUT2D eigenvalue weighted by Gasteiger charge is 2.14. The lowest BCUT2D eigenvalue weighted by atomic mass is 10.0. The molecule has 2 nitrogen and oxygen atoms in total. The van der Waals surface area contributed by atoms with E-state index in [1.54, 1.807) is 0 Å². The van der Waals surface area contributed by atoms with Crippen molar-refractivity contribution in [3.05, 3.63) is 76.4 Å². The molecule has 3 rings (SSSR count). The summed E-state index contributed by atoms with van der Waals surface area (Å²) in [5.41, 5.74) is 1.93. The second-order valence-electron chi connectivity index (χ2n) is 5.67. The van der Waals surface area contributed by atoms with E-state index in [0.717, 1.165) is 23.6 Å². The van der Waals surface area contributed by atoms with Crippen LogP contribution in [0.3, 0.4) is 0 Å². The second kappa shape index (κ2) is 8.98. The van der Waals surface area contributed by atoms with Gasteiger partial charge in [0.2, 0.25) is 0 Å². The summed E-state index contributed by atoms with van der Waals surface area (Å²) in [6, 6.07) is 18.8. The van der Waals surface area contributed by atoms with Crippen molar-refractivity contribution in [1.82, 2.24) is 0 Å². The molecule has 0 radical (unpaired) electrons. The third kappa shape index (κ3) is 5.06. The Morgan fingerprint density at radius 3 is 2.48 bits per heavy atom. The lowest BCUT2D eigenvalue weighted by Gasteiger charge is -2.09. The van der Waals surface area contributed by atoms with Gasteiger partial charge in [-0.2, -0.15) is 0 Å². The average Bonchev–Trinajstić information content (AvgIpc) is 2.61. The Morgan fingerprint density at radius 2 is 1.68 bits per heavy atom. The molecule has 0 aliphatic carbocycles. The van der Waals surface area contributed by atoms with E-state index in [2.05, 4.69) is 116 Å². The summed E-state index contributed by atoms with van der Waals surface area (Å²) >= 11 is 6.68. The number of carbonyl (C=O) groups is 1. The second-order valence-corrected chi connectivity index (χ2v) is 9.16. The molecular weight excluding hydrogens is 653 g/mol. The molecule has 3 aromatic rings. The molecule has 25 heavy (non-hydrogen) atoms. The molecule has 0 aliphatic rings. The van der Waals surface area contributed by atoms with Gasteiger partial charge < -0.3 is 4.74 Å². The maximum Gasteiger partial charge on any atom is 0.339 e. The van der Waals surface area contributed by atoms with Crippen LogP contribution in [0.1, 0.15) is 22.3 Å². The minimum Gasteiger partial charge on any atom is -0.462 e. The highest BCUT2D eigenvalue weighted by atomic mass is 127. The van der Waals surface area contributed by atoms with Crippen molar-refractivity contribution in [2.75, 3.05) is 6.61 Å². The Kier molecular flexibility index (Phi) is 6.95. The summed E-state index contributed by atoms with van der Waals surface area (Å²) in [5, 5.41) is 2.50. The molecule has 0 N–H and O–H groups in total. The van der Waals surface area contributed by atoms with Gasteiger partial charge in [-0.15, -0.1) is 0 Å². The Balaban J connectivity index is 1.56. The molecule has 3 aromatic carbocycles. The fraction of sp³-hybridized carbons (Fsp3) is 0.150. The lowest BCUT2D eigenvalue weighted by Crippen LogP contribution is -2.10. The number of carbonyl (C=O) groups excluding carboxylic acids is 1. The van der Waals surface area contributed by atoms with Crippen molar-refractivity contribution in [3.63, 3.8) is 0 Å². The summed E-state index contributed by atoms with van der Waals surface area (Å²) in [7, 11) is 0. The van der Waals surface area contributed by atoms with Crippen molar-refractivity contribution >= 4 is 84.5 Å². The number of halogens is 3. The third-order valence-corrected chi connectivity index (χ3v) is 7.54. The molecule has 0 bridgehead atoms. The van der Waals surface area contributed by atoms with Crippen LogP contribution in [0.4, 0.5) is 0 Å². The number of fused-ring (bicyclic) bond motifs is 1. The van der Waals surface area contributed by atoms with Crippen molar-refractivity contribution < 1.29 is 9.53 Å². The Hall–Kier alpha value is -0.420. The molecule has 0 heterocycles. The summed E-state index contributed by atoms with van der Waals surface area (Å²) in [6.45, 7) is 0.434. The van der Waals surface area contributed by atoms with Gasteiger partial charge in [0.05, 0.1) is 12.2 Å². The highest BCUT2D eigenvalue weighted by molar-refractivity contribution is 14.1. The number of aryl methyl sites for hydroxylation is 1. The van der Waals surface area contributed by atoms with Crippen molar-refractivity contribution in [3.8, 4) is 0 Å². The molecule has 0 aromatic heterocycles. The zero-order chi connectivity index (χ0) is 17.8. The van der Waals surface area contributed by atoms with E-state index >= 15 is 0 Å². The predicted molar refractivity (Wildman–Crippen MR) is 127 cm³/mol. The molecule has 0 atom stereocenters. The number of rotatable bonds is 5. The zero-order valence-electron chi connectivity index (χ0n) is 13.3. The molecular formula is C20H15I3O2. The van der Waals surface area contributed by atoms with Gasteiger partial charge in [-0.05, 0) is 109 Å². The smallest absolute Gasteiger partial charge is 0.339 e. The number of hydrogen-bond donors (Lipinski definition) is 0. The fourth-order valence-corrected chi connectivity index (χ4v) is 4.99. The van der Waals surface area contributed by atoms with Crippen LogP contribution < -0.4 is 0 Å². The maximum absolute atomic E-state index is 12.3. The van der Waals surface area contributed by atoms with Crippen LogP contribution in [0.2, 0.25) is 0 Å². The molecule has 5 heteroatoms. The van der Waals surface area contributed by atoms with Crippen molar-refractivity contribution in [1.29, 1.82) is 0 Å². The van der Waals surface area contributed by atoms with Gasteiger partial charge in [0.15, 0.2) is 0 Å². The molecule has 128 valence electrons. The molecule has 0 saturated carbocycles. The van der Waals surface area contributed by atoms with Crippen molar-refractivity contribution in [2.45, 2.75) is 12.8 Å². The average molecular weight is 668 g/mol. The number of esters is 1. The standard InChI is InChI=1S/C20H15I3O2/c21-16-11-17(19(23)18(22)12-16)20(24)25-9-3-4-13-7-8-14-5-1-2-6-15(14)10-13/h1-2,5-8,10-12H,3-4,9H2. The van der Waals surface area contributed by atoms with Gasteiger partial charge >= 0.3 is 5.97 Å². The normalized spacial score (nSPS) is 10.8. The zero-order valence-corrected chi connectivity index (χ0v) is 19.7. The predicted octanol–water partition coefficient (Wildman–Crippen LogP) is 6.44. The first kappa shape index (κ1) is 19.3. The van der Waals surface area contributed by atoms with Gasteiger partial charge in [0.1, 0.15) is 0 Å².